The predicted molar refractivity (Wildman–Crippen MR) is 92.3 cm³/mol. The number of benzene rings is 1. The zero-order valence-electron chi connectivity index (χ0n) is 14.0. The van der Waals surface area contributed by atoms with Crippen molar-refractivity contribution in [3.05, 3.63) is 48.0 Å². The molecular weight excluding hydrogens is 337 g/mol. The van der Waals surface area contributed by atoms with E-state index in [-0.39, 0.29) is 24.8 Å². The van der Waals surface area contributed by atoms with E-state index >= 15 is 0 Å². The van der Waals surface area contributed by atoms with E-state index in [1.54, 1.807) is 12.1 Å². The number of nitrogens with two attached hydrogens (primary N) is 1. The highest BCUT2D eigenvalue weighted by molar-refractivity contribution is 5.75. The van der Waals surface area contributed by atoms with Crippen molar-refractivity contribution in [1.29, 1.82) is 0 Å². The number of fused-ring (bicyclic) bond motifs is 4. The fourth-order valence-electron chi connectivity index (χ4n) is 4.10. The highest BCUT2D eigenvalue weighted by Gasteiger charge is 2.55. The molecule has 26 heavy (non-hydrogen) atoms. The van der Waals surface area contributed by atoms with Crippen molar-refractivity contribution in [2.24, 2.45) is 10.7 Å². The minimum atomic E-state index is -0.766. The Balaban J connectivity index is 1.69. The van der Waals surface area contributed by atoms with Crippen molar-refractivity contribution in [2.75, 3.05) is 13.2 Å². The first-order valence-electron chi connectivity index (χ1n) is 8.69. The number of nitrogens with zero attached hydrogens (tertiary/aromatic N) is 2. The van der Waals surface area contributed by atoms with Gasteiger partial charge in [0, 0.05) is 23.9 Å². The van der Waals surface area contributed by atoms with Gasteiger partial charge in [-0.3, -0.25) is 0 Å². The number of halogens is 1. The highest BCUT2D eigenvalue weighted by Crippen LogP contribution is 2.49. The van der Waals surface area contributed by atoms with Gasteiger partial charge < -0.3 is 19.9 Å². The summed E-state index contributed by atoms with van der Waals surface area (Å²) in [5.41, 5.74) is 7.02. The van der Waals surface area contributed by atoms with Crippen molar-refractivity contribution in [1.82, 2.24) is 4.98 Å². The number of ether oxygens (including phenoxy) is 3. The third-order valence-electron chi connectivity index (χ3n) is 5.28. The first-order chi connectivity index (χ1) is 12.7. The molecule has 3 aliphatic rings. The van der Waals surface area contributed by atoms with Crippen molar-refractivity contribution in [3.8, 4) is 16.9 Å². The van der Waals surface area contributed by atoms with Gasteiger partial charge in [0.1, 0.15) is 24.6 Å². The summed E-state index contributed by atoms with van der Waals surface area (Å²) in [5.74, 6) is 0.197. The number of hydrogen-bond acceptors (Lipinski definition) is 6. The van der Waals surface area contributed by atoms with Crippen LogP contribution in [0.15, 0.2) is 41.5 Å². The normalized spacial score (nSPS) is 29.3. The summed E-state index contributed by atoms with van der Waals surface area (Å²) >= 11 is 0. The van der Waals surface area contributed by atoms with Crippen LogP contribution >= 0.6 is 0 Å². The first kappa shape index (κ1) is 15.6. The number of pyridine rings is 1. The van der Waals surface area contributed by atoms with E-state index < -0.39 is 11.5 Å². The summed E-state index contributed by atoms with van der Waals surface area (Å²) in [6, 6.07) is 9.12. The maximum atomic E-state index is 14.2. The van der Waals surface area contributed by atoms with Gasteiger partial charge in [-0.1, -0.05) is 6.07 Å². The third kappa shape index (κ3) is 2.20. The topological polar surface area (TPSA) is 79.0 Å². The maximum absolute atomic E-state index is 14.2. The summed E-state index contributed by atoms with van der Waals surface area (Å²) < 4.78 is 31.9. The Morgan fingerprint density at radius 3 is 3.00 bits per heavy atom. The number of aromatic nitrogens is 1. The van der Waals surface area contributed by atoms with Crippen LogP contribution in [0.4, 0.5) is 4.39 Å². The lowest BCUT2D eigenvalue weighted by Gasteiger charge is -2.45. The van der Waals surface area contributed by atoms with Crippen LogP contribution in [-0.4, -0.2) is 36.4 Å². The SMILES string of the molecule is NC1=NC2(CO1)c1cc(-c3cccnc3F)ccc1OC1CCCOC12. The molecule has 2 aromatic rings. The average Bonchev–Trinajstić information content (AvgIpc) is 3.05. The smallest absolute Gasteiger partial charge is 0.283 e. The Morgan fingerprint density at radius 1 is 1.27 bits per heavy atom. The number of rotatable bonds is 1. The zero-order chi connectivity index (χ0) is 17.7. The summed E-state index contributed by atoms with van der Waals surface area (Å²) in [4.78, 5) is 8.36. The molecule has 0 saturated carbocycles. The second-order valence-electron chi connectivity index (χ2n) is 6.81. The molecule has 1 aromatic heterocycles. The molecule has 0 aliphatic carbocycles. The van der Waals surface area contributed by atoms with Gasteiger partial charge >= 0.3 is 0 Å². The molecule has 0 amide bonds. The maximum Gasteiger partial charge on any atom is 0.283 e. The molecule has 0 bridgehead atoms. The Labute approximate surface area is 149 Å². The van der Waals surface area contributed by atoms with Gasteiger partial charge in [-0.2, -0.15) is 4.39 Å². The van der Waals surface area contributed by atoms with Gasteiger partial charge in [0.15, 0.2) is 5.54 Å². The van der Waals surface area contributed by atoms with Gasteiger partial charge in [-0.15, -0.1) is 0 Å². The van der Waals surface area contributed by atoms with Crippen LogP contribution in [0.2, 0.25) is 0 Å². The van der Waals surface area contributed by atoms with Crippen LogP contribution in [0.1, 0.15) is 18.4 Å². The molecule has 5 rings (SSSR count). The van der Waals surface area contributed by atoms with Gasteiger partial charge in [0.05, 0.1) is 0 Å². The standard InChI is InChI=1S/C19H18FN3O3/c20-17-12(3-1-7-22-17)11-5-6-14-13(9-11)19(10-25-18(21)23-19)16-15(26-14)4-2-8-24-16/h1,3,5-7,9,15-16H,2,4,8,10H2,(H2,21,23). The van der Waals surface area contributed by atoms with Crippen LogP contribution in [0, 0.1) is 5.95 Å². The van der Waals surface area contributed by atoms with Crippen molar-refractivity contribution in [3.63, 3.8) is 0 Å². The molecule has 7 heteroatoms. The molecule has 134 valence electrons. The second-order valence-corrected chi connectivity index (χ2v) is 6.81. The lowest BCUT2D eigenvalue weighted by Crippen LogP contribution is -2.55. The molecule has 3 aliphatic heterocycles. The third-order valence-corrected chi connectivity index (χ3v) is 5.28. The van der Waals surface area contributed by atoms with E-state index in [0.29, 0.717) is 23.5 Å². The van der Waals surface area contributed by atoms with Crippen molar-refractivity contribution >= 4 is 6.02 Å². The van der Waals surface area contributed by atoms with Crippen molar-refractivity contribution in [2.45, 2.75) is 30.6 Å². The van der Waals surface area contributed by atoms with Gasteiger partial charge in [0.25, 0.3) is 6.02 Å². The second kappa shape index (κ2) is 5.67. The summed E-state index contributed by atoms with van der Waals surface area (Å²) in [6.45, 7) is 0.934. The minimum Gasteiger partial charge on any atom is -0.487 e. The fourth-order valence-corrected chi connectivity index (χ4v) is 4.10. The Morgan fingerprint density at radius 2 is 2.19 bits per heavy atom. The van der Waals surface area contributed by atoms with E-state index in [4.69, 9.17) is 19.9 Å². The summed E-state index contributed by atoms with van der Waals surface area (Å²) in [6.07, 6.45) is 2.87. The molecule has 1 fully saturated rings. The molecule has 3 atom stereocenters. The molecular formula is C19H18FN3O3. The molecule has 0 radical (unpaired) electrons. The monoisotopic (exact) mass is 355 g/mol. The molecule has 3 unspecified atom stereocenters. The Bertz CT molecular complexity index is 903. The number of aliphatic imine (C=N–C) groups is 1. The predicted octanol–water partition coefficient (Wildman–Crippen LogP) is 2.37. The minimum absolute atomic E-state index is 0.101. The largest absolute Gasteiger partial charge is 0.487 e. The molecule has 6 nitrogen and oxygen atoms in total. The quantitative estimate of drug-likeness (QED) is 0.795. The lowest BCUT2D eigenvalue weighted by molar-refractivity contribution is -0.117. The fraction of sp³-hybridized carbons (Fsp3) is 0.368. The van der Waals surface area contributed by atoms with E-state index in [1.165, 1.54) is 6.20 Å². The van der Waals surface area contributed by atoms with Crippen LogP contribution in [0.5, 0.6) is 5.75 Å². The molecule has 1 saturated heterocycles. The lowest BCUT2D eigenvalue weighted by atomic mass is 9.77. The molecule has 2 N–H and O–H groups in total. The average molecular weight is 355 g/mol. The molecule has 4 heterocycles. The molecule has 1 aromatic carbocycles. The summed E-state index contributed by atoms with van der Waals surface area (Å²) in [5, 5.41) is 0. The van der Waals surface area contributed by atoms with Gasteiger partial charge in [-0.05, 0) is 42.7 Å². The molecule has 1 spiro atoms. The van der Waals surface area contributed by atoms with Crippen molar-refractivity contribution < 1.29 is 18.6 Å². The van der Waals surface area contributed by atoms with E-state index in [1.807, 2.05) is 18.2 Å². The van der Waals surface area contributed by atoms with E-state index in [9.17, 15) is 4.39 Å². The van der Waals surface area contributed by atoms with Crippen LogP contribution in [-0.2, 0) is 15.0 Å². The van der Waals surface area contributed by atoms with Gasteiger partial charge in [-0.25, -0.2) is 9.98 Å². The van der Waals surface area contributed by atoms with E-state index in [0.717, 1.165) is 18.4 Å². The van der Waals surface area contributed by atoms with Crippen LogP contribution in [0.3, 0.4) is 0 Å². The van der Waals surface area contributed by atoms with Crippen LogP contribution < -0.4 is 10.5 Å². The van der Waals surface area contributed by atoms with Gasteiger partial charge in [0.2, 0.25) is 5.95 Å². The Kier molecular flexibility index (Phi) is 3.40. The first-order valence-corrected chi connectivity index (χ1v) is 8.69. The highest BCUT2D eigenvalue weighted by atomic mass is 19.1. The zero-order valence-corrected chi connectivity index (χ0v) is 14.0. The summed E-state index contributed by atoms with van der Waals surface area (Å²) in [7, 11) is 0. The van der Waals surface area contributed by atoms with Crippen LogP contribution in [0.25, 0.3) is 11.1 Å². The number of amidine groups is 1. The number of hydrogen-bond donors (Lipinski definition) is 1. The van der Waals surface area contributed by atoms with E-state index in [2.05, 4.69) is 9.98 Å². The Hall–Kier alpha value is -2.67.